The number of amides is 2. The molecule has 2 aromatic carbocycles. The summed E-state index contributed by atoms with van der Waals surface area (Å²) in [5, 5.41) is 3.19. The van der Waals surface area contributed by atoms with Crippen molar-refractivity contribution in [1.82, 2.24) is 10.2 Å². The third-order valence-electron chi connectivity index (χ3n) is 5.28. The number of hydrogen-bond donors (Lipinski definition) is 1. The molecule has 0 saturated carbocycles. The van der Waals surface area contributed by atoms with Crippen LogP contribution >= 0.6 is 11.6 Å². The quantitative estimate of drug-likeness (QED) is 0.442. The normalized spacial score (nSPS) is 12.0. The summed E-state index contributed by atoms with van der Waals surface area (Å²) in [7, 11) is -2.24. The lowest BCUT2D eigenvalue weighted by Gasteiger charge is -2.31. The lowest BCUT2D eigenvalue weighted by molar-refractivity contribution is -0.139. The Balaban J connectivity index is 2.34. The van der Waals surface area contributed by atoms with Gasteiger partial charge >= 0.3 is 0 Å². The van der Waals surface area contributed by atoms with Gasteiger partial charge in [-0.05, 0) is 49.2 Å². The van der Waals surface area contributed by atoms with Gasteiger partial charge in [0.2, 0.25) is 21.8 Å². The molecule has 10 heteroatoms. The van der Waals surface area contributed by atoms with Crippen LogP contribution in [0.15, 0.2) is 48.5 Å². The van der Waals surface area contributed by atoms with Crippen molar-refractivity contribution in [2.75, 3.05) is 30.8 Å². The fourth-order valence-electron chi connectivity index (χ4n) is 3.29. The summed E-state index contributed by atoms with van der Waals surface area (Å²) in [4.78, 5) is 27.6. The van der Waals surface area contributed by atoms with E-state index in [9.17, 15) is 18.0 Å². The van der Waals surface area contributed by atoms with Gasteiger partial charge in [-0.1, -0.05) is 43.1 Å². The number of unbranched alkanes of at least 4 members (excludes halogenated alkanes) is 1. The largest absolute Gasteiger partial charge is 0.497 e. The lowest BCUT2D eigenvalue weighted by atomic mass is 10.1. The van der Waals surface area contributed by atoms with Gasteiger partial charge in [0.25, 0.3) is 0 Å². The standard InChI is InChI=1S/C24H32ClN3O5S/c1-5-6-14-26-24(30)18(2)27(16-19-10-12-22(33-3)13-11-19)23(29)17-28(34(4,31)32)21-9-7-8-20(25)15-21/h7-13,15,18H,5-6,14,16-17H2,1-4H3,(H,26,30). The molecule has 1 unspecified atom stereocenters. The van der Waals surface area contributed by atoms with Crippen molar-refractivity contribution in [3.8, 4) is 5.75 Å². The summed E-state index contributed by atoms with van der Waals surface area (Å²) in [6, 6.07) is 12.6. The van der Waals surface area contributed by atoms with E-state index in [1.165, 1.54) is 11.0 Å². The SMILES string of the molecule is CCCCNC(=O)C(C)N(Cc1ccc(OC)cc1)C(=O)CN(c1cccc(Cl)c1)S(C)(=O)=O. The number of nitrogens with one attached hydrogen (secondary N) is 1. The molecule has 0 aromatic heterocycles. The van der Waals surface area contributed by atoms with Gasteiger partial charge in [-0.3, -0.25) is 13.9 Å². The van der Waals surface area contributed by atoms with Crippen LogP contribution < -0.4 is 14.4 Å². The number of ether oxygens (including phenoxy) is 1. The van der Waals surface area contributed by atoms with Gasteiger partial charge in [-0.15, -0.1) is 0 Å². The molecule has 34 heavy (non-hydrogen) atoms. The van der Waals surface area contributed by atoms with Gasteiger partial charge in [0.15, 0.2) is 0 Å². The highest BCUT2D eigenvalue weighted by atomic mass is 35.5. The second-order valence-corrected chi connectivity index (χ2v) is 10.3. The second-order valence-electron chi connectivity index (χ2n) is 7.94. The molecular formula is C24H32ClN3O5S. The van der Waals surface area contributed by atoms with E-state index in [-0.39, 0.29) is 18.1 Å². The number of rotatable bonds is 12. The summed E-state index contributed by atoms with van der Waals surface area (Å²) >= 11 is 6.04. The number of carbonyl (C=O) groups excluding carboxylic acids is 2. The van der Waals surface area contributed by atoms with Crippen LogP contribution in [0.5, 0.6) is 5.75 Å². The Morgan fingerprint density at radius 3 is 2.38 bits per heavy atom. The fraction of sp³-hybridized carbons (Fsp3) is 0.417. The third-order valence-corrected chi connectivity index (χ3v) is 6.66. The zero-order valence-corrected chi connectivity index (χ0v) is 21.5. The number of carbonyl (C=O) groups is 2. The Morgan fingerprint density at radius 2 is 1.82 bits per heavy atom. The van der Waals surface area contributed by atoms with Crippen molar-refractivity contribution in [3.63, 3.8) is 0 Å². The molecule has 2 aromatic rings. The second kappa shape index (κ2) is 12.6. The first kappa shape index (κ1) is 27.5. The molecule has 0 saturated heterocycles. The smallest absolute Gasteiger partial charge is 0.244 e. The lowest BCUT2D eigenvalue weighted by Crippen LogP contribution is -2.51. The summed E-state index contributed by atoms with van der Waals surface area (Å²) in [6.45, 7) is 3.81. The highest BCUT2D eigenvalue weighted by molar-refractivity contribution is 7.92. The molecule has 8 nitrogen and oxygen atoms in total. The number of nitrogens with zero attached hydrogens (tertiary/aromatic N) is 2. The number of benzene rings is 2. The summed E-state index contributed by atoms with van der Waals surface area (Å²) in [5.41, 5.74) is 1.05. The van der Waals surface area contributed by atoms with Gasteiger partial charge in [0.1, 0.15) is 18.3 Å². The Kier molecular flexibility index (Phi) is 10.2. The third kappa shape index (κ3) is 7.92. The Labute approximate surface area is 206 Å². The highest BCUT2D eigenvalue weighted by Gasteiger charge is 2.30. The maximum atomic E-state index is 13.4. The average Bonchev–Trinajstić information content (AvgIpc) is 2.80. The van der Waals surface area contributed by atoms with E-state index in [1.807, 2.05) is 6.92 Å². The predicted octanol–water partition coefficient (Wildman–Crippen LogP) is 3.45. The maximum absolute atomic E-state index is 13.4. The molecule has 1 atom stereocenters. The van der Waals surface area contributed by atoms with Gasteiger partial charge in [-0.2, -0.15) is 0 Å². The van der Waals surface area contributed by atoms with Crippen LogP contribution in [-0.2, 0) is 26.2 Å². The van der Waals surface area contributed by atoms with E-state index in [1.54, 1.807) is 56.5 Å². The molecule has 0 spiro atoms. The van der Waals surface area contributed by atoms with Crippen molar-refractivity contribution in [3.05, 3.63) is 59.1 Å². The molecule has 0 fully saturated rings. The number of sulfonamides is 1. The van der Waals surface area contributed by atoms with Gasteiger partial charge in [0, 0.05) is 18.1 Å². The molecule has 2 amide bonds. The van der Waals surface area contributed by atoms with Crippen LogP contribution in [0.25, 0.3) is 0 Å². The topological polar surface area (TPSA) is 96.0 Å². The number of methoxy groups -OCH3 is 1. The van der Waals surface area contributed by atoms with Crippen LogP contribution in [-0.4, -0.2) is 57.6 Å². The van der Waals surface area contributed by atoms with Crippen molar-refractivity contribution in [2.45, 2.75) is 39.3 Å². The summed E-state index contributed by atoms with van der Waals surface area (Å²) in [6.07, 6.45) is 2.77. The van der Waals surface area contributed by atoms with E-state index in [2.05, 4.69) is 5.32 Å². The molecule has 1 N–H and O–H groups in total. The minimum Gasteiger partial charge on any atom is -0.497 e. The maximum Gasteiger partial charge on any atom is 0.244 e. The van der Waals surface area contributed by atoms with E-state index in [4.69, 9.17) is 16.3 Å². The first-order valence-corrected chi connectivity index (χ1v) is 13.2. The van der Waals surface area contributed by atoms with Crippen LogP contribution in [0.2, 0.25) is 5.02 Å². The molecule has 0 aliphatic rings. The first-order valence-electron chi connectivity index (χ1n) is 11.0. The molecule has 2 rings (SSSR count). The molecule has 0 radical (unpaired) electrons. The number of hydrogen-bond acceptors (Lipinski definition) is 5. The Hall–Kier alpha value is -2.78. The predicted molar refractivity (Wildman–Crippen MR) is 135 cm³/mol. The number of halogens is 1. The van der Waals surface area contributed by atoms with Crippen LogP contribution in [0.1, 0.15) is 32.3 Å². The zero-order valence-electron chi connectivity index (χ0n) is 20.0. The molecular weight excluding hydrogens is 478 g/mol. The molecule has 0 aliphatic carbocycles. The Bertz CT molecular complexity index is 1080. The average molecular weight is 510 g/mol. The number of anilines is 1. The minimum atomic E-state index is -3.80. The van der Waals surface area contributed by atoms with Gasteiger partial charge in [0.05, 0.1) is 19.1 Å². The first-order chi connectivity index (χ1) is 16.1. The monoisotopic (exact) mass is 509 g/mol. The van der Waals surface area contributed by atoms with Crippen molar-refractivity contribution in [2.24, 2.45) is 0 Å². The van der Waals surface area contributed by atoms with Crippen LogP contribution in [0, 0.1) is 0 Å². The van der Waals surface area contributed by atoms with E-state index in [0.29, 0.717) is 17.3 Å². The van der Waals surface area contributed by atoms with E-state index >= 15 is 0 Å². The van der Waals surface area contributed by atoms with Gasteiger partial charge in [-0.25, -0.2) is 8.42 Å². The van der Waals surface area contributed by atoms with E-state index < -0.39 is 28.5 Å². The van der Waals surface area contributed by atoms with Crippen LogP contribution in [0.4, 0.5) is 5.69 Å². The van der Waals surface area contributed by atoms with Crippen LogP contribution in [0.3, 0.4) is 0 Å². The summed E-state index contributed by atoms with van der Waals surface area (Å²) < 4.78 is 31.2. The van der Waals surface area contributed by atoms with Crippen molar-refractivity contribution < 1.29 is 22.7 Å². The zero-order chi connectivity index (χ0) is 25.3. The van der Waals surface area contributed by atoms with Gasteiger partial charge < -0.3 is 15.0 Å². The molecule has 0 bridgehead atoms. The van der Waals surface area contributed by atoms with E-state index in [0.717, 1.165) is 29.0 Å². The molecule has 0 aliphatic heterocycles. The highest BCUT2D eigenvalue weighted by Crippen LogP contribution is 2.23. The molecule has 0 heterocycles. The van der Waals surface area contributed by atoms with Crippen molar-refractivity contribution >= 4 is 39.1 Å². The molecule has 186 valence electrons. The van der Waals surface area contributed by atoms with Crippen molar-refractivity contribution in [1.29, 1.82) is 0 Å². The Morgan fingerprint density at radius 1 is 1.15 bits per heavy atom. The summed E-state index contributed by atoms with van der Waals surface area (Å²) in [5.74, 6) is -0.153. The fourth-order valence-corrected chi connectivity index (χ4v) is 4.32. The minimum absolute atomic E-state index is 0.123.